The molecule has 0 aliphatic rings. The zero-order valence-electron chi connectivity index (χ0n) is 9.92. The third-order valence-electron chi connectivity index (χ3n) is 1.83. The van der Waals surface area contributed by atoms with Crippen molar-refractivity contribution in [2.24, 2.45) is 0 Å². The Labute approximate surface area is 97.6 Å². The molecule has 1 aromatic heterocycles. The maximum atomic E-state index is 11.5. The summed E-state index contributed by atoms with van der Waals surface area (Å²) in [6.07, 6.45) is 0. The Balaban J connectivity index is 3.31. The lowest BCUT2D eigenvalue weighted by Crippen LogP contribution is -2.21. The van der Waals surface area contributed by atoms with Crippen LogP contribution < -0.4 is 4.90 Å². The van der Waals surface area contributed by atoms with E-state index in [9.17, 15) is 9.59 Å². The number of rotatable bonds is 3. The van der Waals surface area contributed by atoms with Crippen molar-refractivity contribution in [1.82, 2.24) is 15.2 Å². The van der Waals surface area contributed by atoms with Crippen molar-refractivity contribution in [3.05, 3.63) is 11.4 Å². The summed E-state index contributed by atoms with van der Waals surface area (Å²) in [5.41, 5.74) is -0.497. The monoisotopic (exact) mass is 240 g/mol. The third kappa shape index (κ3) is 2.65. The fourth-order valence-corrected chi connectivity index (χ4v) is 0.980. The minimum atomic E-state index is -0.796. The van der Waals surface area contributed by atoms with Gasteiger partial charge in [-0.2, -0.15) is 0 Å². The number of carbonyl (C=O) groups is 2. The Morgan fingerprint density at radius 1 is 1.00 bits per heavy atom. The van der Waals surface area contributed by atoms with Crippen LogP contribution in [0, 0.1) is 0 Å². The molecule has 0 amide bonds. The quantitative estimate of drug-likeness (QED) is 0.653. The number of anilines is 1. The van der Waals surface area contributed by atoms with E-state index in [2.05, 4.69) is 24.7 Å². The molecule has 1 rings (SSSR count). The van der Waals surface area contributed by atoms with Gasteiger partial charge in [0.1, 0.15) is 0 Å². The first-order valence-corrected chi connectivity index (χ1v) is 4.60. The van der Waals surface area contributed by atoms with Crippen LogP contribution in [0.5, 0.6) is 0 Å². The Morgan fingerprint density at radius 3 is 2.00 bits per heavy atom. The van der Waals surface area contributed by atoms with E-state index in [0.29, 0.717) is 0 Å². The zero-order chi connectivity index (χ0) is 13.0. The van der Waals surface area contributed by atoms with Gasteiger partial charge in [0.15, 0.2) is 5.69 Å². The van der Waals surface area contributed by atoms with Gasteiger partial charge in [-0.1, -0.05) is 0 Å². The molecule has 0 aliphatic heterocycles. The highest BCUT2D eigenvalue weighted by Crippen LogP contribution is 2.09. The normalized spacial score (nSPS) is 9.65. The Bertz CT molecular complexity index is 447. The second kappa shape index (κ2) is 5.19. The molecule has 0 fully saturated rings. The maximum absolute atomic E-state index is 11.5. The second-order valence-corrected chi connectivity index (χ2v) is 3.19. The van der Waals surface area contributed by atoms with Crippen LogP contribution in [0.2, 0.25) is 0 Å². The highest BCUT2D eigenvalue weighted by molar-refractivity contribution is 6.00. The number of hydrogen-bond donors (Lipinski definition) is 0. The number of nitrogens with zero attached hydrogens (tertiary/aromatic N) is 4. The predicted octanol–water partition coefficient (Wildman–Crippen LogP) is -0.489. The van der Waals surface area contributed by atoms with E-state index >= 15 is 0 Å². The molecule has 0 saturated carbocycles. The SMILES string of the molecule is COC(=O)c1nnc(N(C)C)nc1C(=O)OC. The van der Waals surface area contributed by atoms with Gasteiger partial charge in [-0.25, -0.2) is 14.6 Å². The van der Waals surface area contributed by atoms with Crippen molar-refractivity contribution in [3.8, 4) is 0 Å². The maximum Gasteiger partial charge on any atom is 0.361 e. The van der Waals surface area contributed by atoms with Gasteiger partial charge in [0, 0.05) is 14.1 Å². The number of methoxy groups -OCH3 is 2. The molecule has 0 saturated heterocycles. The van der Waals surface area contributed by atoms with E-state index in [1.165, 1.54) is 14.2 Å². The van der Waals surface area contributed by atoms with E-state index in [0.717, 1.165) is 0 Å². The lowest BCUT2D eigenvalue weighted by atomic mass is 10.3. The molecule has 0 radical (unpaired) electrons. The molecule has 0 spiro atoms. The fraction of sp³-hybridized carbons (Fsp3) is 0.444. The zero-order valence-corrected chi connectivity index (χ0v) is 9.92. The highest BCUT2D eigenvalue weighted by Gasteiger charge is 2.24. The van der Waals surface area contributed by atoms with Gasteiger partial charge in [0.2, 0.25) is 11.6 Å². The number of ether oxygens (including phenoxy) is 2. The molecule has 0 bridgehead atoms. The van der Waals surface area contributed by atoms with E-state index in [1.54, 1.807) is 19.0 Å². The van der Waals surface area contributed by atoms with Gasteiger partial charge < -0.3 is 14.4 Å². The molecule has 0 atom stereocenters. The largest absolute Gasteiger partial charge is 0.464 e. The molecule has 0 unspecified atom stereocenters. The standard InChI is InChI=1S/C9H12N4O4/c1-13(2)9-10-5(7(14)16-3)6(11-12-9)8(15)17-4/h1-4H3. The fourth-order valence-electron chi connectivity index (χ4n) is 0.980. The second-order valence-electron chi connectivity index (χ2n) is 3.19. The van der Waals surface area contributed by atoms with Crippen LogP contribution in [0.4, 0.5) is 5.95 Å². The molecule has 92 valence electrons. The first kappa shape index (κ1) is 12.8. The van der Waals surface area contributed by atoms with Gasteiger partial charge >= 0.3 is 11.9 Å². The molecule has 0 aliphatic carbocycles. The van der Waals surface area contributed by atoms with Gasteiger partial charge in [-0.3, -0.25) is 0 Å². The molecule has 17 heavy (non-hydrogen) atoms. The van der Waals surface area contributed by atoms with Crippen LogP contribution in [-0.4, -0.2) is 55.4 Å². The molecule has 1 heterocycles. The Hall–Kier alpha value is -2.25. The van der Waals surface area contributed by atoms with Crippen LogP contribution in [0.1, 0.15) is 21.0 Å². The molecular formula is C9H12N4O4. The average molecular weight is 240 g/mol. The summed E-state index contributed by atoms with van der Waals surface area (Å²) in [5, 5.41) is 7.29. The van der Waals surface area contributed by atoms with Gasteiger partial charge in [-0.15, -0.1) is 10.2 Å². The molecule has 0 N–H and O–H groups in total. The first-order chi connectivity index (χ1) is 8.01. The minimum Gasteiger partial charge on any atom is -0.464 e. The summed E-state index contributed by atoms with van der Waals surface area (Å²) >= 11 is 0. The van der Waals surface area contributed by atoms with Crippen LogP contribution in [-0.2, 0) is 9.47 Å². The highest BCUT2D eigenvalue weighted by atomic mass is 16.5. The van der Waals surface area contributed by atoms with E-state index < -0.39 is 11.9 Å². The summed E-state index contributed by atoms with van der Waals surface area (Å²) < 4.78 is 8.98. The van der Waals surface area contributed by atoms with E-state index in [1.807, 2.05) is 0 Å². The molecule has 1 aromatic rings. The smallest absolute Gasteiger partial charge is 0.361 e. The number of esters is 2. The van der Waals surface area contributed by atoms with Gasteiger partial charge in [0.05, 0.1) is 14.2 Å². The molecule has 0 aromatic carbocycles. The topological polar surface area (TPSA) is 94.5 Å². The summed E-state index contributed by atoms with van der Waals surface area (Å²) in [6.45, 7) is 0. The third-order valence-corrected chi connectivity index (χ3v) is 1.83. The van der Waals surface area contributed by atoms with Crippen molar-refractivity contribution in [2.45, 2.75) is 0 Å². The van der Waals surface area contributed by atoms with Gasteiger partial charge in [-0.05, 0) is 0 Å². The summed E-state index contributed by atoms with van der Waals surface area (Å²) in [4.78, 5) is 28.2. The van der Waals surface area contributed by atoms with Crippen LogP contribution >= 0.6 is 0 Å². The van der Waals surface area contributed by atoms with Crippen molar-refractivity contribution in [2.75, 3.05) is 33.2 Å². The van der Waals surface area contributed by atoms with Crippen LogP contribution in [0.3, 0.4) is 0 Å². The lowest BCUT2D eigenvalue weighted by Gasteiger charge is -2.10. The van der Waals surface area contributed by atoms with E-state index in [4.69, 9.17) is 0 Å². The number of carbonyl (C=O) groups excluding carboxylic acids is 2. The molecule has 8 nitrogen and oxygen atoms in total. The first-order valence-electron chi connectivity index (χ1n) is 4.60. The average Bonchev–Trinajstić information content (AvgIpc) is 2.35. The van der Waals surface area contributed by atoms with Gasteiger partial charge in [0.25, 0.3) is 0 Å². The summed E-state index contributed by atoms with van der Waals surface area (Å²) in [6, 6.07) is 0. The Kier molecular flexibility index (Phi) is 3.91. The van der Waals surface area contributed by atoms with Crippen LogP contribution in [0.15, 0.2) is 0 Å². The molecule has 8 heteroatoms. The summed E-state index contributed by atoms with van der Waals surface area (Å²) in [5.74, 6) is -1.38. The van der Waals surface area contributed by atoms with Crippen molar-refractivity contribution in [1.29, 1.82) is 0 Å². The Morgan fingerprint density at radius 2 is 1.53 bits per heavy atom. The van der Waals surface area contributed by atoms with Crippen molar-refractivity contribution in [3.63, 3.8) is 0 Å². The van der Waals surface area contributed by atoms with Crippen LogP contribution in [0.25, 0.3) is 0 Å². The molecular weight excluding hydrogens is 228 g/mol. The number of aromatic nitrogens is 3. The van der Waals surface area contributed by atoms with E-state index in [-0.39, 0.29) is 17.3 Å². The lowest BCUT2D eigenvalue weighted by molar-refractivity contribution is 0.0542. The minimum absolute atomic E-state index is 0.193. The summed E-state index contributed by atoms with van der Waals surface area (Å²) in [7, 11) is 5.71. The van der Waals surface area contributed by atoms with Crippen molar-refractivity contribution < 1.29 is 19.1 Å². The van der Waals surface area contributed by atoms with Crippen molar-refractivity contribution >= 4 is 17.9 Å². The number of hydrogen-bond acceptors (Lipinski definition) is 8. The predicted molar refractivity (Wildman–Crippen MR) is 56.8 cm³/mol.